The fraction of sp³-hybridized carbons (Fsp3) is 0.467. The van der Waals surface area contributed by atoms with Crippen molar-refractivity contribution in [2.75, 3.05) is 5.32 Å². The minimum atomic E-state index is 0.605. The molecule has 3 heteroatoms. The van der Waals surface area contributed by atoms with E-state index in [2.05, 4.69) is 34.3 Å². The summed E-state index contributed by atoms with van der Waals surface area (Å²) in [6, 6.07) is 6.85. The largest absolute Gasteiger partial charge is 0.382 e. The van der Waals surface area contributed by atoms with Crippen LogP contribution in [-0.2, 0) is 0 Å². The number of nitrogens with zero attached hydrogens (tertiary/aromatic N) is 2. The smallest absolute Gasteiger partial charge is 0.0907 e. The van der Waals surface area contributed by atoms with Gasteiger partial charge < -0.3 is 5.32 Å². The summed E-state index contributed by atoms with van der Waals surface area (Å²) in [5, 5.41) is 3.65. The molecule has 1 saturated carbocycles. The average Bonchev–Trinajstić information content (AvgIpc) is 2.41. The molecule has 1 aromatic heterocycles. The van der Waals surface area contributed by atoms with E-state index in [1.807, 2.05) is 6.07 Å². The second-order valence-electron chi connectivity index (χ2n) is 5.27. The molecule has 1 aliphatic rings. The molecular weight excluding hydrogens is 222 g/mol. The van der Waals surface area contributed by atoms with Gasteiger partial charge in [-0.3, -0.25) is 9.97 Å². The quantitative estimate of drug-likeness (QED) is 0.872. The maximum atomic E-state index is 4.35. The van der Waals surface area contributed by atoms with E-state index in [4.69, 9.17) is 0 Å². The van der Waals surface area contributed by atoms with Crippen molar-refractivity contribution in [3.8, 4) is 0 Å². The fourth-order valence-corrected chi connectivity index (χ4v) is 2.80. The Labute approximate surface area is 108 Å². The van der Waals surface area contributed by atoms with Gasteiger partial charge in [-0.15, -0.1) is 0 Å². The fourth-order valence-electron chi connectivity index (χ4n) is 2.80. The number of rotatable bonds is 2. The molecule has 0 amide bonds. The van der Waals surface area contributed by atoms with Crippen LogP contribution in [0.1, 0.15) is 32.6 Å². The van der Waals surface area contributed by atoms with Gasteiger partial charge in [0.1, 0.15) is 0 Å². The van der Waals surface area contributed by atoms with E-state index in [0.717, 1.165) is 17.0 Å². The van der Waals surface area contributed by atoms with Crippen molar-refractivity contribution >= 4 is 16.7 Å². The number of aromatic nitrogens is 2. The van der Waals surface area contributed by atoms with Crippen LogP contribution in [0.25, 0.3) is 11.0 Å². The van der Waals surface area contributed by atoms with Gasteiger partial charge in [0, 0.05) is 24.1 Å². The maximum absolute atomic E-state index is 4.35. The van der Waals surface area contributed by atoms with Crippen LogP contribution < -0.4 is 5.32 Å². The summed E-state index contributed by atoms with van der Waals surface area (Å²) in [5.41, 5.74) is 3.09. The second-order valence-corrected chi connectivity index (χ2v) is 5.27. The molecule has 1 N–H and O–H groups in total. The van der Waals surface area contributed by atoms with Gasteiger partial charge in [-0.1, -0.05) is 19.8 Å². The van der Waals surface area contributed by atoms with Gasteiger partial charge in [-0.25, -0.2) is 0 Å². The molecule has 2 aromatic rings. The lowest BCUT2D eigenvalue weighted by Crippen LogP contribution is -2.30. The summed E-state index contributed by atoms with van der Waals surface area (Å²) in [7, 11) is 0. The zero-order chi connectivity index (χ0) is 12.4. The van der Waals surface area contributed by atoms with Gasteiger partial charge >= 0.3 is 0 Å². The second kappa shape index (κ2) is 4.92. The number of fused-ring (bicyclic) bond motifs is 1. The molecule has 0 aliphatic heterocycles. The number of benzene rings is 1. The highest BCUT2D eigenvalue weighted by Crippen LogP contribution is 2.27. The molecule has 94 valence electrons. The molecule has 0 radical (unpaired) electrons. The van der Waals surface area contributed by atoms with Gasteiger partial charge in [0.2, 0.25) is 0 Å². The Morgan fingerprint density at radius 1 is 1.06 bits per heavy atom. The predicted molar refractivity (Wildman–Crippen MR) is 74.6 cm³/mol. The van der Waals surface area contributed by atoms with Crippen LogP contribution in [0, 0.1) is 5.92 Å². The summed E-state index contributed by atoms with van der Waals surface area (Å²) in [5.74, 6) is 0.760. The zero-order valence-corrected chi connectivity index (χ0v) is 10.8. The third kappa shape index (κ3) is 2.30. The Morgan fingerprint density at radius 2 is 1.83 bits per heavy atom. The van der Waals surface area contributed by atoms with E-state index in [1.54, 1.807) is 12.4 Å². The maximum Gasteiger partial charge on any atom is 0.0907 e. The molecule has 1 aliphatic carbocycles. The van der Waals surface area contributed by atoms with Gasteiger partial charge in [0.05, 0.1) is 11.0 Å². The van der Waals surface area contributed by atoms with Crippen molar-refractivity contribution in [1.82, 2.24) is 9.97 Å². The first kappa shape index (κ1) is 11.5. The molecule has 2 atom stereocenters. The van der Waals surface area contributed by atoms with E-state index in [0.29, 0.717) is 6.04 Å². The topological polar surface area (TPSA) is 37.8 Å². The summed E-state index contributed by atoms with van der Waals surface area (Å²) in [6.07, 6.45) is 8.82. The zero-order valence-electron chi connectivity index (χ0n) is 10.8. The Bertz CT molecular complexity index is 538. The van der Waals surface area contributed by atoms with Crippen LogP contribution in [-0.4, -0.2) is 16.0 Å². The molecule has 2 unspecified atom stereocenters. The van der Waals surface area contributed by atoms with Crippen LogP contribution in [0.4, 0.5) is 5.69 Å². The molecular formula is C15H19N3. The molecule has 0 spiro atoms. The van der Waals surface area contributed by atoms with E-state index in [9.17, 15) is 0 Å². The van der Waals surface area contributed by atoms with E-state index >= 15 is 0 Å². The number of nitrogens with one attached hydrogen (secondary N) is 1. The van der Waals surface area contributed by atoms with Crippen LogP contribution >= 0.6 is 0 Å². The van der Waals surface area contributed by atoms with Gasteiger partial charge in [0.15, 0.2) is 0 Å². The Balaban J connectivity index is 1.81. The van der Waals surface area contributed by atoms with Crippen molar-refractivity contribution in [2.24, 2.45) is 5.92 Å². The summed E-state index contributed by atoms with van der Waals surface area (Å²) in [6.45, 7) is 2.34. The Kier molecular flexibility index (Phi) is 3.13. The molecule has 0 saturated heterocycles. The van der Waals surface area contributed by atoms with Crippen LogP contribution in [0.5, 0.6) is 0 Å². The monoisotopic (exact) mass is 241 g/mol. The number of hydrogen-bond acceptors (Lipinski definition) is 3. The SMILES string of the molecule is CC1CCCCC1Nc1ccc2nccnc2c1. The first-order valence-electron chi connectivity index (χ1n) is 6.80. The third-order valence-electron chi connectivity index (χ3n) is 3.93. The van der Waals surface area contributed by atoms with E-state index in [-0.39, 0.29) is 0 Å². The van der Waals surface area contributed by atoms with Crippen molar-refractivity contribution in [2.45, 2.75) is 38.6 Å². The lowest BCUT2D eigenvalue weighted by molar-refractivity contribution is 0.349. The van der Waals surface area contributed by atoms with E-state index < -0.39 is 0 Å². The lowest BCUT2D eigenvalue weighted by atomic mass is 9.86. The average molecular weight is 241 g/mol. The highest BCUT2D eigenvalue weighted by molar-refractivity contribution is 5.78. The van der Waals surface area contributed by atoms with Crippen molar-refractivity contribution in [3.63, 3.8) is 0 Å². The Morgan fingerprint density at radius 3 is 2.67 bits per heavy atom. The van der Waals surface area contributed by atoms with Gasteiger partial charge in [-0.05, 0) is 37.0 Å². The van der Waals surface area contributed by atoms with Crippen LogP contribution in [0.2, 0.25) is 0 Å². The van der Waals surface area contributed by atoms with Gasteiger partial charge in [0.25, 0.3) is 0 Å². The van der Waals surface area contributed by atoms with Gasteiger partial charge in [-0.2, -0.15) is 0 Å². The molecule has 3 nitrogen and oxygen atoms in total. The molecule has 0 bridgehead atoms. The molecule has 1 heterocycles. The highest BCUT2D eigenvalue weighted by Gasteiger charge is 2.20. The summed E-state index contributed by atoms with van der Waals surface area (Å²) < 4.78 is 0. The van der Waals surface area contributed by atoms with Crippen LogP contribution in [0.15, 0.2) is 30.6 Å². The van der Waals surface area contributed by atoms with Crippen molar-refractivity contribution < 1.29 is 0 Å². The van der Waals surface area contributed by atoms with Crippen molar-refractivity contribution in [3.05, 3.63) is 30.6 Å². The molecule has 1 aromatic carbocycles. The molecule has 1 fully saturated rings. The minimum absolute atomic E-state index is 0.605. The first-order chi connectivity index (χ1) is 8.83. The summed E-state index contributed by atoms with van der Waals surface area (Å²) >= 11 is 0. The standard InChI is InChI=1S/C15H19N3/c1-11-4-2-3-5-13(11)18-12-6-7-14-15(10-12)17-9-8-16-14/h6-11,13,18H,2-5H2,1H3. The first-order valence-corrected chi connectivity index (χ1v) is 6.80. The van der Waals surface area contributed by atoms with E-state index in [1.165, 1.54) is 31.4 Å². The minimum Gasteiger partial charge on any atom is -0.382 e. The number of anilines is 1. The Hall–Kier alpha value is -1.64. The third-order valence-corrected chi connectivity index (χ3v) is 3.93. The highest BCUT2D eigenvalue weighted by atomic mass is 14.9. The summed E-state index contributed by atoms with van der Waals surface area (Å²) in [4.78, 5) is 8.65. The van der Waals surface area contributed by atoms with Crippen LogP contribution in [0.3, 0.4) is 0 Å². The van der Waals surface area contributed by atoms with Crippen molar-refractivity contribution in [1.29, 1.82) is 0 Å². The number of hydrogen-bond donors (Lipinski definition) is 1. The lowest BCUT2D eigenvalue weighted by Gasteiger charge is -2.30. The molecule has 18 heavy (non-hydrogen) atoms. The normalized spacial score (nSPS) is 24.1. The predicted octanol–water partition coefficient (Wildman–Crippen LogP) is 3.62. The molecule has 3 rings (SSSR count).